The summed E-state index contributed by atoms with van der Waals surface area (Å²) in [6.07, 6.45) is 0.774. The maximum Gasteiger partial charge on any atom is 0.293 e. The van der Waals surface area contributed by atoms with Crippen molar-refractivity contribution >= 4 is 17.3 Å². The average molecular weight is 357 g/mol. The van der Waals surface area contributed by atoms with Crippen molar-refractivity contribution in [1.29, 1.82) is 0 Å². The number of nitro groups is 1. The van der Waals surface area contributed by atoms with Crippen LogP contribution in [0.15, 0.2) is 42.5 Å². The number of carbonyl (C=O) groups is 1. The molecule has 0 aliphatic heterocycles. The first-order chi connectivity index (χ1) is 12.3. The molecule has 1 fully saturated rings. The van der Waals surface area contributed by atoms with Crippen molar-refractivity contribution in [3.63, 3.8) is 0 Å². The third kappa shape index (κ3) is 3.99. The van der Waals surface area contributed by atoms with E-state index in [1.54, 1.807) is 18.2 Å². The standard InChI is InChI=1S/C19H20FN3O3/c1-11(2)21-19(24)13-6-7-16(18(9-13)23(25)26)22-17-10-15(17)12-4-3-5-14(20)8-12/h3-9,11,15,17,22H,10H2,1-2H3,(H,21,24)/t15-,17+/m0/s1. The Labute approximate surface area is 150 Å². The lowest BCUT2D eigenvalue weighted by Crippen LogP contribution is -2.30. The fourth-order valence-corrected chi connectivity index (χ4v) is 2.95. The van der Waals surface area contributed by atoms with Crippen molar-refractivity contribution in [2.24, 2.45) is 0 Å². The second-order valence-corrected chi connectivity index (χ2v) is 6.77. The normalized spacial score (nSPS) is 18.5. The van der Waals surface area contributed by atoms with E-state index in [2.05, 4.69) is 10.6 Å². The lowest BCUT2D eigenvalue weighted by atomic mass is 10.1. The summed E-state index contributed by atoms with van der Waals surface area (Å²) >= 11 is 0. The van der Waals surface area contributed by atoms with Gasteiger partial charge in [-0.1, -0.05) is 12.1 Å². The van der Waals surface area contributed by atoms with Gasteiger partial charge in [0.15, 0.2) is 0 Å². The summed E-state index contributed by atoms with van der Waals surface area (Å²) in [6.45, 7) is 3.64. The Kier molecular flexibility index (Phi) is 4.88. The van der Waals surface area contributed by atoms with Crippen LogP contribution in [0.3, 0.4) is 0 Å². The molecule has 2 N–H and O–H groups in total. The molecule has 0 unspecified atom stereocenters. The zero-order valence-electron chi connectivity index (χ0n) is 14.5. The van der Waals surface area contributed by atoms with Gasteiger partial charge in [-0.2, -0.15) is 0 Å². The molecule has 6 nitrogen and oxygen atoms in total. The number of halogens is 1. The summed E-state index contributed by atoms with van der Waals surface area (Å²) in [4.78, 5) is 23.0. The van der Waals surface area contributed by atoms with E-state index in [0.29, 0.717) is 5.69 Å². The zero-order valence-corrected chi connectivity index (χ0v) is 14.5. The largest absolute Gasteiger partial charge is 0.376 e. The molecule has 0 radical (unpaired) electrons. The first kappa shape index (κ1) is 17.8. The molecule has 1 aliphatic carbocycles. The molecule has 26 heavy (non-hydrogen) atoms. The highest BCUT2D eigenvalue weighted by molar-refractivity contribution is 5.95. The molecule has 2 aromatic rings. The van der Waals surface area contributed by atoms with Crippen molar-refractivity contribution in [1.82, 2.24) is 5.32 Å². The van der Waals surface area contributed by atoms with Crippen LogP contribution in [0.5, 0.6) is 0 Å². The van der Waals surface area contributed by atoms with E-state index in [0.717, 1.165) is 12.0 Å². The molecule has 0 heterocycles. The summed E-state index contributed by atoms with van der Waals surface area (Å²) in [5.74, 6) is -0.521. The van der Waals surface area contributed by atoms with Gasteiger partial charge in [0.2, 0.25) is 0 Å². The van der Waals surface area contributed by atoms with Crippen molar-refractivity contribution in [3.05, 3.63) is 69.5 Å². The number of carbonyl (C=O) groups excluding carboxylic acids is 1. The minimum Gasteiger partial charge on any atom is -0.376 e. The minimum atomic E-state index is -0.506. The van der Waals surface area contributed by atoms with Crippen LogP contribution in [0, 0.1) is 15.9 Å². The molecule has 2 aromatic carbocycles. The maximum absolute atomic E-state index is 13.3. The Balaban J connectivity index is 1.76. The van der Waals surface area contributed by atoms with Crippen molar-refractivity contribution < 1.29 is 14.1 Å². The van der Waals surface area contributed by atoms with Crippen molar-refractivity contribution in [3.8, 4) is 0 Å². The molecule has 1 saturated carbocycles. The van der Waals surface area contributed by atoms with Crippen LogP contribution in [-0.4, -0.2) is 22.9 Å². The lowest BCUT2D eigenvalue weighted by molar-refractivity contribution is -0.384. The molecule has 136 valence electrons. The zero-order chi connectivity index (χ0) is 18.8. The third-order valence-corrected chi connectivity index (χ3v) is 4.28. The molecular formula is C19H20FN3O3. The highest BCUT2D eigenvalue weighted by Crippen LogP contribution is 2.44. The third-order valence-electron chi connectivity index (χ3n) is 4.28. The molecule has 0 saturated heterocycles. The van der Waals surface area contributed by atoms with Gasteiger partial charge in [-0.15, -0.1) is 0 Å². The van der Waals surface area contributed by atoms with Gasteiger partial charge in [-0.25, -0.2) is 4.39 Å². The Morgan fingerprint density at radius 1 is 1.27 bits per heavy atom. The number of anilines is 1. The van der Waals surface area contributed by atoms with E-state index in [1.165, 1.54) is 18.2 Å². The van der Waals surface area contributed by atoms with Gasteiger partial charge in [-0.3, -0.25) is 14.9 Å². The Bertz CT molecular complexity index is 854. The quantitative estimate of drug-likeness (QED) is 0.608. The summed E-state index contributed by atoms with van der Waals surface area (Å²) in [7, 11) is 0. The Morgan fingerprint density at radius 2 is 2.04 bits per heavy atom. The molecule has 0 aromatic heterocycles. The Morgan fingerprint density at radius 3 is 2.69 bits per heavy atom. The number of nitro benzene ring substituents is 1. The van der Waals surface area contributed by atoms with Crippen LogP contribution >= 0.6 is 0 Å². The monoisotopic (exact) mass is 357 g/mol. The highest BCUT2D eigenvalue weighted by Gasteiger charge is 2.39. The fourth-order valence-electron chi connectivity index (χ4n) is 2.95. The SMILES string of the molecule is CC(C)NC(=O)c1ccc(N[C@@H]2C[C@H]2c2cccc(F)c2)c([N+](=O)[O-])c1. The Hall–Kier alpha value is -2.96. The molecule has 7 heteroatoms. The van der Waals surface area contributed by atoms with E-state index in [4.69, 9.17) is 0 Å². The number of rotatable bonds is 6. The highest BCUT2D eigenvalue weighted by atomic mass is 19.1. The minimum absolute atomic E-state index is 0.00541. The van der Waals surface area contributed by atoms with E-state index < -0.39 is 4.92 Å². The number of hydrogen-bond donors (Lipinski definition) is 2. The van der Waals surface area contributed by atoms with E-state index in [-0.39, 0.29) is 41.0 Å². The molecule has 1 aliphatic rings. The van der Waals surface area contributed by atoms with Crippen LogP contribution in [0.1, 0.15) is 42.1 Å². The van der Waals surface area contributed by atoms with Crippen LogP contribution in [0.2, 0.25) is 0 Å². The van der Waals surface area contributed by atoms with Gasteiger partial charge in [0.25, 0.3) is 11.6 Å². The van der Waals surface area contributed by atoms with Gasteiger partial charge >= 0.3 is 0 Å². The molecule has 0 bridgehead atoms. The molecule has 0 spiro atoms. The van der Waals surface area contributed by atoms with E-state index in [1.807, 2.05) is 19.9 Å². The molecular weight excluding hydrogens is 337 g/mol. The summed E-state index contributed by atoms with van der Waals surface area (Å²) in [5.41, 5.74) is 1.33. The van der Waals surface area contributed by atoms with Crippen LogP contribution < -0.4 is 10.6 Å². The smallest absolute Gasteiger partial charge is 0.293 e. The van der Waals surface area contributed by atoms with Gasteiger partial charge in [0.1, 0.15) is 11.5 Å². The molecule has 3 rings (SSSR count). The van der Waals surface area contributed by atoms with Gasteiger partial charge in [-0.05, 0) is 50.1 Å². The second kappa shape index (κ2) is 7.11. The van der Waals surface area contributed by atoms with E-state index >= 15 is 0 Å². The summed E-state index contributed by atoms with van der Waals surface area (Å²) < 4.78 is 13.3. The summed E-state index contributed by atoms with van der Waals surface area (Å²) in [5, 5.41) is 17.3. The van der Waals surface area contributed by atoms with Gasteiger partial charge in [0.05, 0.1) is 4.92 Å². The van der Waals surface area contributed by atoms with Crippen molar-refractivity contribution in [2.45, 2.75) is 38.3 Å². The number of nitrogens with zero attached hydrogens (tertiary/aromatic N) is 1. The number of benzene rings is 2. The predicted molar refractivity (Wildman–Crippen MR) is 96.9 cm³/mol. The van der Waals surface area contributed by atoms with Crippen molar-refractivity contribution in [2.75, 3.05) is 5.32 Å². The van der Waals surface area contributed by atoms with Gasteiger partial charge < -0.3 is 10.6 Å². The van der Waals surface area contributed by atoms with Crippen LogP contribution in [0.4, 0.5) is 15.8 Å². The van der Waals surface area contributed by atoms with Crippen LogP contribution in [-0.2, 0) is 0 Å². The molecule has 1 amide bonds. The number of amides is 1. The first-order valence-electron chi connectivity index (χ1n) is 8.46. The predicted octanol–water partition coefficient (Wildman–Crippen LogP) is 3.84. The van der Waals surface area contributed by atoms with Gasteiger partial charge in [0, 0.05) is 29.6 Å². The molecule has 2 atom stereocenters. The number of nitrogens with one attached hydrogen (secondary N) is 2. The fraction of sp³-hybridized carbons (Fsp3) is 0.316. The first-order valence-corrected chi connectivity index (χ1v) is 8.46. The average Bonchev–Trinajstić information content (AvgIpc) is 3.33. The topological polar surface area (TPSA) is 84.3 Å². The van der Waals surface area contributed by atoms with E-state index in [9.17, 15) is 19.3 Å². The lowest BCUT2D eigenvalue weighted by Gasteiger charge is -2.11. The second-order valence-electron chi connectivity index (χ2n) is 6.77. The maximum atomic E-state index is 13.3. The number of hydrogen-bond acceptors (Lipinski definition) is 4. The summed E-state index contributed by atoms with van der Waals surface area (Å²) in [6, 6.07) is 10.7. The van der Waals surface area contributed by atoms with Crippen LogP contribution in [0.25, 0.3) is 0 Å².